The maximum atomic E-state index is 11.4. The number of rotatable bonds is 1. The summed E-state index contributed by atoms with van der Waals surface area (Å²) in [6, 6.07) is 2.13. The molecule has 0 saturated heterocycles. The van der Waals surface area contributed by atoms with E-state index < -0.39 is 0 Å². The van der Waals surface area contributed by atoms with E-state index in [1.54, 1.807) is 11.5 Å². The maximum absolute atomic E-state index is 11.4. The summed E-state index contributed by atoms with van der Waals surface area (Å²) in [6.07, 6.45) is 2.54. The van der Waals surface area contributed by atoms with Crippen molar-refractivity contribution in [1.82, 2.24) is 4.37 Å². The molecule has 3 heteroatoms. The molecule has 2 atom stereocenters. The predicted molar refractivity (Wildman–Crippen MR) is 57.6 cm³/mol. The zero-order chi connectivity index (χ0) is 10.1. The van der Waals surface area contributed by atoms with E-state index >= 15 is 0 Å². The van der Waals surface area contributed by atoms with Crippen molar-refractivity contribution in [1.29, 1.82) is 0 Å². The van der Waals surface area contributed by atoms with E-state index in [1.807, 2.05) is 6.92 Å². The Morgan fingerprint density at radius 3 is 3.00 bits per heavy atom. The second kappa shape index (κ2) is 3.81. The summed E-state index contributed by atoms with van der Waals surface area (Å²) in [7, 11) is 0. The van der Waals surface area contributed by atoms with Gasteiger partial charge in [-0.05, 0) is 36.9 Å². The third-order valence-electron chi connectivity index (χ3n) is 3.02. The lowest BCUT2D eigenvalue weighted by Crippen LogP contribution is -2.20. The highest BCUT2D eigenvalue weighted by Crippen LogP contribution is 2.37. The van der Waals surface area contributed by atoms with Gasteiger partial charge in [0.1, 0.15) is 5.78 Å². The maximum Gasteiger partial charge on any atom is 0.133 e. The van der Waals surface area contributed by atoms with Gasteiger partial charge in [-0.25, -0.2) is 0 Å². The number of hydrogen-bond donors (Lipinski definition) is 0. The molecule has 0 spiro atoms. The number of aromatic nitrogens is 1. The number of Topliss-reactive ketones (excluding diaryl/α,β-unsaturated/α-hetero) is 1. The van der Waals surface area contributed by atoms with Gasteiger partial charge in [-0.1, -0.05) is 6.92 Å². The minimum Gasteiger partial charge on any atom is -0.300 e. The summed E-state index contributed by atoms with van der Waals surface area (Å²) in [6.45, 7) is 4.25. The smallest absolute Gasteiger partial charge is 0.133 e. The van der Waals surface area contributed by atoms with Crippen LogP contribution < -0.4 is 0 Å². The Morgan fingerprint density at radius 1 is 1.57 bits per heavy atom. The van der Waals surface area contributed by atoms with E-state index in [-0.39, 0.29) is 0 Å². The van der Waals surface area contributed by atoms with Crippen molar-refractivity contribution in [2.75, 3.05) is 0 Å². The Morgan fingerprint density at radius 2 is 2.36 bits per heavy atom. The molecule has 2 rings (SSSR count). The lowest BCUT2D eigenvalue weighted by Gasteiger charge is -2.26. The number of carbonyl (C=O) groups is 1. The molecule has 0 aliphatic heterocycles. The fraction of sp³-hybridized carbons (Fsp3) is 0.636. The molecule has 1 aliphatic carbocycles. The van der Waals surface area contributed by atoms with Gasteiger partial charge in [-0.2, -0.15) is 4.37 Å². The first kappa shape index (κ1) is 9.84. The molecule has 1 fully saturated rings. The molecule has 2 nitrogen and oxygen atoms in total. The van der Waals surface area contributed by atoms with Crippen LogP contribution in [-0.4, -0.2) is 10.2 Å². The summed E-state index contributed by atoms with van der Waals surface area (Å²) in [4.78, 5) is 12.7. The van der Waals surface area contributed by atoms with E-state index in [0.717, 1.165) is 25.0 Å². The fourth-order valence-electron chi connectivity index (χ4n) is 2.08. The quantitative estimate of drug-likeness (QED) is 0.711. The van der Waals surface area contributed by atoms with E-state index in [4.69, 9.17) is 0 Å². The zero-order valence-corrected chi connectivity index (χ0v) is 9.43. The van der Waals surface area contributed by atoms with Crippen molar-refractivity contribution >= 4 is 17.3 Å². The largest absolute Gasteiger partial charge is 0.300 e. The lowest BCUT2D eigenvalue weighted by atomic mass is 9.79. The fourth-order valence-corrected chi connectivity index (χ4v) is 3.05. The molecule has 1 aromatic rings. The molecule has 1 aliphatic rings. The average Bonchev–Trinajstić information content (AvgIpc) is 2.56. The number of ketones is 1. The Balaban J connectivity index is 2.19. The van der Waals surface area contributed by atoms with E-state index in [0.29, 0.717) is 17.6 Å². The van der Waals surface area contributed by atoms with Gasteiger partial charge in [0.2, 0.25) is 0 Å². The summed E-state index contributed by atoms with van der Waals surface area (Å²) in [5, 5.41) is 0. The van der Waals surface area contributed by atoms with Gasteiger partial charge in [0.15, 0.2) is 0 Å². The van der Waals surface area contributed by atoms with Gasteiger partial charge in [0.25, 0.3) is 0 Å². The summed E-state index contributed by atoms with van der Waals surface area (Å²) >= 11 is 1.56. The van der Waals surface area contributed by atoms with Crippen molar-refractivity contribution in [3.05, 3.63) is 16.6 Å². The molecule has 0 radical (unpaired) electrons. The molecule has 1 saturated carbocycles. The molecular weight excluding hydrogens is 194 g/mol. The van der Waals surface area contributed by atoms with E-state index in [9.17, 15) is 4.79 Å². The summed E-state index contributed by atoms with van der Waals surface area (Å²) < 4.78 is 4.28. The Hall–Kier alpha value is -0.700. The summed E-state index contributed by atoms with van der Waals surface area (Å²) in [5.41, 5.74) is 1.08. The first-order valence-corrected chi connectivity index (χ1v) is 5.89. The van der Waals surface area contributed by atoms with Gasteiger partial charge in [-0.3, -0.25) is 4.79 Å². The first-order chi connectivity index (χ1) is 6.66. The van der Waals surface area contributed by atoms with E-state index in [2.05, 4.69) is 17.4 Å². The van der Waals surface area contributed by atoms with Crippen LogP contribution in [0.3, 0.4) is 0 Å². The molecule has 1 heterocycles. The van der Waals surface area contributed by atoms with Gasteiger partial charge >= 0.3 is 0 Å². The van der Waals surface area contributed by atoms with Crippen LogP contribution in [0.1, 0.15) is 42.7 Å². The summed E-state index contributed by atoms with van der Waals surface area (Å²) in [5.74, 6) is 1.48. The molecule has 14 heavy (non-hydrogen) atoms. The van der Waals surface area contributed by atoms with Crippen LogP contribution in [0.2, 0.25) is 0 Å². The highest BCUT2D eigenvalue weighted by molar-refractivity contribution is 7.05. The second-order valence-corrected chi connectivity index (χ2v) is 5.07. The van der Waals surface area contributed by atoms with Crippen molar-refractivity contribution in [3.63, 3.8) is 0 Å². The van der Waals surface area contributed by atoms with Crippen molar-refractivity contribution in [2.45, 2.75) is 39.0 Å². The monoisotopic (exact) mass is 209 g/mol. The number of aryl methyl sites for hydroxylation is 1. The molecule has 0 bridgehead atoms. The molecule has 0 N–H and O–H groups in total. The normalized spacial score (nSPS) is 28.0. The third-order valence-corrected chi connectivity index (χ3v) is 4.04. The van der Waals surface area contributed by atoms with Gasteiger partial charge in [-0.15, -0.1) is 0 Å². The van der Waals surface area contributed by atoms with Crippen molar-refractivity contribution < 1.29 is 4.79 Å². The SMILES string of the molecule is Cc1cc(C2CC(=O)CCC2C)sn1. The predicted octanol–water partition coefficient (Wildman–Crippen LogP) is 2.92. The van der Waals surface area contributed by atoms with Crippen LogP contribution >= 0.6 is 11.5 Å². The highest BCUT2D eigenvalue weighted by atomic mass is 32.1. The van der Waals surface area contributed by atoms with Crippen LogP contribution in [-0.2, 0) is 4.79 Å². The van der Waals surface area contributed by atoms with Crippen LogP contribution in [0.25, 0.3) is 0 Å². The Kier molecular flexibility index (Phi) is 2.68. The molecule has 0 aromatic carbocycles. The van der Waals surface area contributed by atoms with Gasteiger partial charge < -0.3 is 0 Å². The Labute approximate surface area is 88.5 Å². The van der Waals surface area contributed by atoms with Gasteiger partial charge in [0, 0.05) is 23.6 Å². The Bertz CT molecular complexity index is 345. The van der Waals surface area contributed by atoms with E-state index in [1.165, 1.54) is 4.88 Å². The number of nitrogens with zero attached hydrogens (tertiary/aromatic N) is 1. The molecule has 2 unspecified atom stereocenters. The minimum absolute atomic E-state index is 0.416. The third kappa shape index (κ3) is 1.87. The van der Waals surface area contributed by atoms with Crippen LogP contribution in [0, 0.1) is 12.8 Å². The zero-order valence-electron chi connectivity index (χ0n) is 8.62. The first-order valence-electron chi connectivity index (χ1n) is 5.11. The molecule has 0 amide bonds. The van der Waals surface area contributed by atoms with Crippen molar-refractivity contribution in [3.8, 4) is 0 Å². The minimum atomic E-state index is 0.416. The van der Waals surface area contributed by atoms with Crippen LogP contribution in [0.4, 0.5) is 0 Å². The second-order valence-electron chi connectivity index (χ2n) is 4.24. The molecular formula is C11H15NOS. The standard InChI is InChI=1S/C11H15NOS/c1-7-3-4-9(13)6-10(7)11-5-8(2)12-14-11/h5,7,10H,3-4,6H2,1-2H3. The molecule has 1 aromatic heterocycles. The highest BCUT2D eigenvalue weighted by Gasteiger charge is 2.28. The number of carbonyl (C=O) groups excluding carboxylic acids is 1. The topological polar surface area (TPSA) is 30.0 Å². The molecule has 76 valence electrons. The average molecular weight is 209 g/mol. The van der Waals surface area contributed by atoms with Crippen molar-refractivity contribution in [2.24, 2.45) is 5.92 Å². The van der Waals surface area contributed by atoms with Gasteiger partial charge in [0.05, 0.1) is 5.69 Å². The lowest BCUT2D eigenvalue weighted by molar-refractivity contribution is -0.121. The number of hydrogen-bond acceptors (Lipinski definition) is 3. The van der Waals surface area contributed by atoms with Crippen LogP contribution in [0.15, 0.2) is 6.07 Å². The van der Waals surface area contributed by atoms with Crippen LogP contribution in [0.5, 0.6) is 0 Å².